The quantitative estimate of drug-likeness (QED) is 0.454. The second-order valence-electron chi connectivity index (χ2n) is 2.79. The molecule has 2 heterocycles. The molecule has 2 nitrogen and oxygen atoms in total. The van der Waals surface area contributed by atoms with Gasteiger partial charge in [0.25, 0.3) is 0 Å². The molecule has 0 spiro atoms. The Balaban J connectivity index is 2.74. The number of alkyl halides is 1. The molecule has 0 radical (unpaired) electrons. The van der Waals surface area contributed by atoms with Gasteiger partial charge in [0.2, 0.25) is 0 Å². The highest BCUT2D eigenvalue weighted by atomic mass is 35.5. The van der Waals surface area contributed by atoms with Gasteiger partial charge < -0.3 is 4.40 Å². The lowest BCUT2D eigenvalue weighted by molar-refractivity contribution is 1.19. The van der Waals surface area contributed by atoms with Gasteiger partial charge in [-0.25, -0.2) is 4.98 Å². The Bertz CT molecular complexity index is 410. The molecule has 0 saturated carbocycles. The maximum atomic E-state index is 5.67. The van der Waals surface area contributed by atoms with Crippen molar-refractivity contribution in [1.82, 2.24) is 9.38 Å². The van der Waals surface area contributed by atoms with E-state index in [4.69, 9.17) is 11.6 Å². The highest BCUT2D eigenvalue weighted by Crippen LogP contribution is 2.04. The van der Waals surface area contributed by atoms with Crippen molar-refractivity contribution in [1.29, 1.82) is 0 Å². The Labute approximate surface area is 76.6 Å². The topological polar surface area (TPSA) is 17.3 Å². The van der Waals surface area contributed by atoms with Crippen LogP contribution in [0.15, 0.2) is 24.5 Å². The highest BCUT2D eigenvalue weighted by molar-refractivity contribution is 6.36. The third kappa shape index (κ3) is 1.10. The number of pyridine rings is 1. The Morgan fingerprint density at radius 2 is 2.42 bits per heavy atom. The second kappa shape index (κ2) is 2.83. The molecule has 0 aliphatic carbocycles. The molecule has 0 unspecified atom stereocenters. The molecule has 2 aromatic rings. The van der Waals surface area contributed by atoms with Gasteiger partial charge in [-0.3, -0.25) is 0 Å². The molecule has 0 atom stereocenters. The van der Waals surface area contributed by atoms with Gasteiger partial charge in [0.15, 0.2) is 0 Å². The van der Waals surface area contributed by atoms with Crippen molar-refractivity contribution in [2.24, 2.45) is 0 Å². The molecule has 12 heavy (non-hydrogen) atoms. The van der Waals surface area contributed by atoms with Gasteiger partial charge in [0, 0.05) is 12.4 Å². The van der Waals surface area contributed by atoms with E-state index in [1.807, 2.05) is 36.8 Å². The number of hydrogen-bond acceptors (Lipinski definition) is 1. The summed E-state index contributed by atoms with van der Waals surface area (Å²) >= 11 is 5.67. The summed E-state index contributed by atoms with van der Waals surface area (Å²) in [5.41, 5.74) is 3.09. The number of rotatable bonds is 1. The van der Waals surface area contributed by atoms with Gasteiger partial charge >= 0.3 is 0 Å². The maximum absolute atomic E-state index is 5.67. The van der Waals surface area contributed by atoms with Gasteiger partial charge in [-0.2, -0.15) is 0 Å². The molecule has 0 aromatic carbocycles. The minimum absolute atomic E-state index is 0.473. The van der Waals surface area contributed by atoms with Gasteiger partial charge in [0.1, 0.15) is 13.5 Å². The van der Waals surface area contributed by atoms with Crippen molar-refractivity contribution >= 4 is 30.6 Å². The molecular formula is C8H8BClN2. The monoisotopic (exact) mass is 178 g/mol. The molecule has 0 fully saturated rings. The maximum Gasteiger partial charge on any atom is 0.144 e. The van der Waals surface area contributed by atoms with Crippen molar-refractivity contribution < 1.29 is 0 Å². The average molecular weight is 178 g/mol. The van der Waals surface area contributed by atoms with Crippen LogP contribution in [0.5, 0.6) is 0 Å². The van der Waals surface area contributed by atoms with Crippen LogP contribution in [0.2, 0.25) is 0 Å². The first-order valence-corrected chi connectivity index (χ1v) is 4.34. The molecule has 4 heteroatoms. The van der Waals surface area contributed by atoms with Crippen LogP contribution >= 0.6 is 11.6 Å². The van der Waals surface area contributed by atoms with Crippen LogP contribution in [0.1, 0.15) is 5.69 Å². The SMILES string of the molecule is Bc1cccn2cc(CCl)nc12. The van der Waals surface area contributed by atoms with Crippen molar-refractivity contribution in [3.05, 3.63) is 30.2 Å². The van der Waals surface area contributed by atoms with Crippen LogP contribution in [0.25, 0.3) is 5.65 Å². The summed E-state index contributed by atoms with van der Waals surface area (Å²) in [6, 6.07) is 4.04. The molecule has 0 N–H and O–H groups in total. The molecule has 0 aliphatic rings. The molecule has 0 bridgehead atoms. The number of imidazole rings is 1. The lowest BCUT2D eigenvalue weighted by Crippen LogP contribution is -2.06. The summed E-state index contributed by atoms with van der Waals surface area (Å²) in [7, 11) is 2.04. The van der Waals surface area contributed by atoms with Crippen molar-refractivity contribution in [3.8, 4) is 0 Å². The number of fused-ring (bicyclic) bond motifs is 1. The van der Waals surface area contributed by atoms with Crippen molar-refractivity contribution in [3.63, 3.8) is 0 Å². The lowest BCUT2D eigenvalue weighted by atomic mass is 9.98. The van der Waals surface area contributed by atoms with Gasteiger partial charge in [0.05, 0.1) is 11.6 Å². The Morgan fingerprint density at radius 1 is 1.58 bits per heavy atom. The van der Waals surface area contributed by atoms with E-state index in [0.717, 1.165) is 11.3 Å². The molecule has 0 saturated heterocycles. The predicted octanol–water partition coefficient (Wildman–Crippen LogP) is 0.332. The first kappa shape index (κ1) is 7.68. The Morgan fingerprint density at radius 3 is 3.08 bits per heavy atom. The third-order valence-electron chi connectivity index (χ3n) is 1.86. The minimum Gasteiger partial charge on any atom is -0.307 e. The standard InChI is InChI=1S/C8H8BClN2/c9-7-2-1-3-12-5-6(4-10)11-8(7)12/h1-3,5H,4,9H2. The van der Waals surface area contributed by atoms with Crippen LogP contribution < -0.4 is 5.46 Å². The molecule has 0 amide bonds. The molecule has 2 rings (SSSR count). The fourth-order valence-electron chi connectivity index (χ4n) is 1.27. The van der Waals surface area contributed by atoms with Crippen molar-refractivity contribution in [2.75, 3.05) is 0 Å². The van der Waals surface area contributed by atoms with E-state index in [9.17, 15) is 0 Å². The largest absolute Gasteiger partial charge is 0.307 e. The summed E-state index contributed by atoms with van der Waals surface area (Å²) < 4.78 is 1.99. The van der Waals surface area contributed by atoms with Crippen LogP contribution in [0.4, 0.5) is 0 Å². The van der Waals surface area contributed by atoms with E-state index in [1.54, 1.807) is 0 Å². The Hall–Kier alpha value is -0.955. The number of halogens is 1. The van der Waals surface area contributed by atoms with Crippen LogP contribution in [-0.4, -0.2) is 17.2 Å². The summed E-state index contributed by atoms with van der Waals surface area (Å²) in [5.74, 6) is 0.473. The summed E-state index contributed by atoms with van der Waals surface area (Å²) in [5, 5.41) is 0. The lowest BCUT2D eigenvalue weighted by Gasteiger charge is -1.94. The van der Waals surface area contributed by atoms with E-state index in [0.29, 0.717) is 5.88 Å². The normalized spacial score (nSPS) is 10.8. The van der Waals surface area contributed by atoms with Gasteiger partial charge in [-0.05, 0) is 11.5 Å². The molecule has 60 valence electrons. The van der Waals surface area contributed by atoms with E-state index < -0.39 is 0 Å². The molecular weight excluding hydrogens is 170 g/mol. The van der Waals surface area contributed by atoms with Crippen LogP contribution in [0.3, 0.4) is 0 Å². The Kier molecular flexibility index (Phi) is 1.81. The number of nitrogens with zero attached hydrogens (tertiary/aromatic N) is 2. The molecule has 2 aromatic heterocycles. The number of aromatic nitrogens is 2. The zero-order valence-electron chi connectivity index (χ0n) is 6.79. The zero-order chi connectivity index (χ0) is 8.55. The highest BCUT2D eigenvalue weighted by Gasteiger charge is 2.00. The van der Waals surface area contributed by atoms with E-state index >= 15 is 0 Å². The fraction of sp³-hybridized carbons (Fsp3) is 0.125. The van der Waals surface area contributed by atoms with Gasteiger partial charge in [-0.1, -0.05) is 6.07 Å². The van der Waals surface area contributed by atoms with Crippen LogP contribution in [-0.2, 0) is 5.88 Å². The van der Waals surface area contributed by atoms with E-state index in [1.165, 1.54) is 5.46 Å². The van der Waals surface area contributed by atoms with E-state index in [2.05, 4.69) is 4.98 Å². The molecule has 0 aliphatic heterocycles. The second-order valence-corrected chi connectivity index (χ2v) is 3.06. The summed E-state index contributed by atoms with van der Waals surface area (Å²) in [4.78, 5) is 4.36. The van der Waals surface area contributed by atoms with Gasteiger partial charge in [-0.15, -0.1) is 11.6 Å². The van der Waals surface area contributed by atoms with E-state index in [-0.39, 0.29) is 0 Å². The smallest absolute Gasteiger partial charge is 0.144 e. The van der Waals surface area contributed by atoms with Crippen LogP contribution in [0, 0.1) is 0 Å². The summed E-state index contributed by atoms with van der Waals surface area (Å²) in [6.45, 7) is 0. The third-order valence-corrected chi connectivity index (χ3v) is 2.14. The fourth-order valence-corrected chi connectivity index (χ4v) is 1.40. The zero-order valence-corrected chi connectivity index (χ0v) is 7.54. The predicted molar refractivity (Wildman–Crippen MR) is 52.9 cm³/mol. The average Bonchev–Trinajstić information content (AvgIpc) is 2.49. The summed E-state index contributed by atoms with van der Waals surface area (Å²) in [6.07, 6.45) is 3.93. The first-order valence-electron chi connectivity index (χ1n) is 3.80. The van der Waals surface area contributed by atoms with Crippen molar-refractivity contribution in [2.45, 2.75) is 5.88 Å². The number of hydrogen-bond donors (Lipinski definition) is 0. The minimum atomic E-state index is 0.473. The first-order chi connectivity index (χ1) is 5.81.